The molecule has 8 nitrogen and oxygen atoms in total. The number of rotatable bonds is 10. The van der Waals surface area contributed by atoms with Crippen molar-refractivity contribution in [3.63, 3.8) is 0 Å². The van der Waals surface area contributed by atoms with Gasteiger partial charge in [-0.05, 0) is 54.7 Å². The molecule has 33 heavy (non-hydrogen) atoms. The predicted molar refractivity (Wildman–Crippen MR) is 131 cm³/mol. The minimum atomic E-state index is -0.204. The van der Waals surface area contributed by atoms with Gasteiger partial charge >= 0.3 is 0 Å². The number of allylic oxidation sites excluding steroid dienone is 1. The van der Waals surface area contributed by atoms with Crippen LogP contribution in [0.4, 0.5) is 0 Å². The first-order chi connectivity index (χ1) is 16.1. The fraction of sp³-hybridized carbons (Fsp3) is 0.261. The summed E-state index contributed by atoms with van der Waals surface area (Å²) in [6.45, 7) is 4.53. The zero-order valence-corrected chi connectivity index (χ0v) is 19.5. The Bertz CT molecular complexity index is 1390. The average molecular weight is 482 g/mol. The molecule has 1 aromatic carbocycles. The second kappa shape index (κ2) is 10.5. The van der Waals surface area contributed by atoms with E-state index in [4.69, 9.17) is 16.7 Å². The quantitative estimate of drug-likeness (QED) is 0.196. The Labute approximate surface area is 199 Å². The molecular formula is C23H23N5O3S2. The number of thiophene rings is 1. The number of fused-ring (bicyclic) bond motifs is 1. The Hall–Kier alpha value is -3.37. The summed E-state index contributed by atoms with van der Waals surface area (Å²) in [5.74, 6) is 1.06. The number of nitrogens with zero attached hydrogens (tertiary/aromatic N) is 3. The molecule has 0 bridgehead atoms. The van der Waals surface area contributed by atoms with E-state index in [1.807, 2.05) is 17.5 Å². The average Bonchev–Trinajstić information content (AvgIpc) is 3.50. The van der Waals surface area contributed by atoms with E-state index in [0.717, 1.165) is 24.1 Å². The van der Waals surface area contributed by atoms with Crippen molar-refractivity contribution in [1.82, 2.24) is 25.0 Å². The topological polar surface area (TPSA) is 106 Å². The van der Waals surface area contributed by atoms with Crippen molar-refractivity contribution in [2.75, 3.05) is 6.54 Å². The van der Waals surface area contributed by atoms with Crippen molar-refractivity contribution >= 4 is 40.4 Å². The maximum Gasteiger partial charge on any atom is 0.262 e. The normalized spacial score (nSPS) is 11.0. The number of aryl methyl sites for hydroxylation is 1. The first-order valence-electron chi connectivity index (χ1n) is 10.6. The van der Waals surface area contributed by atoms with Crippen LogP contribution in [0.3, 0.4) is 0 Å². The van der Waals surface area contributed by atoms with E-state index >= 15 is 0 Å². The van der Waals surface area contributed by atoms with Crippen LogP contribution in [0.25, 0.3) is 21.6 Å². The monoisotopic (exact) mass is 481 g/mol. The summed E-state index contributed by atoms with van der Waals surface area (Å²) in [4.78, 5) is 33.5. The van der Waals surface area contributed by atoms with Crippen LogP contribution in [-0.2, 0) is 13.0 Å². The number of nitrogens with one attached hydrogen (secondary N) is 2. The highest BCUT2D eigenvalue weighted by Crippen LogP contribution is 2.21. The van der Waals surface area contributed by atoms with E-state index < -0.39 is 0 Å². The van der Waals surface area contributed by atoms with Crippen LogP contribution in [-0.4, -0.2) is 32.1 Å². The van der Waals surface area contributed by atoms with Gasteiger partial charge in [0, 0.05) is 25.1 Å². The van der Waals surface area contributed by atoms with Gasteiger partial charge in [0.2, 0.25) is 11.7 Å². The summed E-state index contributed by atoms with van der Waals surface area (Å²) >= 11 is 6.83. The molecule has 170 valence electrons. The lowest BCUT2D eigenvalue weighted by molar-refractivity contribution is 0.0953. The van der Waals surface area contributed by atoms with Crippen molar-refractivity contribution in [1.29, 1.82) is 0 Å². The van der Waals surface area contributed by atoms with Crippen LogP contribution in [0.15, 0.2) is 57.7 Å². The van der Waals surface area contributed by atoms with Crippen LogP contribution in [0.5, 0.6) is 0 Å². The number of carbonyl (C=O) groups excluding carboxylic acids is 1. The predicted octanol–water partition coefficient (Wildman–Crippen LogP) is 4.50. The number of hydrogen-bond acceptors (Lipinski definition) is 7. The van der Waals surface area contributed by atoms with Gasteiger partial charge in [0.25, 0.3) is 11.5 Å². The molecule has 0 radical (unpaired) electrons. The first-order valence-corrected chi connectivity index (χ1v) is 11.9. The van der Waals surface area contributed by atoms with Crippen molar-refractivity contribution in [3.8, 4) is 10.7 Å². The van der Waals surface area contributed by atoms with Crippen LogP contribution in [0.2, 0.25) is 0 Å². The van der Waals surface area contributed by atoms with Gasteiger partial charge in [-0.1, -0.05) is 23.7 Å². The van der Waals surface area contributed by atoms with Gasteiger partial charge in [0.1, 0.15) is 0 Å². The van der Waals surface area contributed by atoms with Gasteiger partial charge in [-0.15, -0.1) is 17.9 Å². The molecule has 10 heteroatoms. The summed E-state index contributed by atoms with van der Waals surface area (Å²) in [7, 11) is 0. The second-order valence-corrected chi connectivity index (χ2v) is 8.78. The molecule has 1 amide bonds. The number of unbranched alkanes of at least 4 members (excludes halogenated alkanes) is 2. The molecule has 3 heterocycles. The summed E-state index contributed by atoms with van der Waals surface area (Å²) in [6.07, 6.45) is 4.97. The third-order valence-electron chi connectivity index (χ3n) is 5.12. The number of H-pyrrole nitrogens is 1. The second-order valence-electron chi connectivity index (χ2n) is 7.45. The minimum Gasteiger partial charge on any atom is -0.352 e. The van der Waals surface area contributed by atoms with E-state index in [2.05, 4.69) is 27.0 Å². The summed E-state index contributed by atoms with van der Waals surface area (Å²) in [5, 5.41) is 9.39. The van der Waals surface area contributed by atoms with Crippen molar-refractivity contribution in [3.05, 3.63) is 74.9 Å². The van der Waals surface area contributed by atoms with E-state index in [-0.39, 0.29) is 11.5 Å². The minimum absolute atomic E-state index is 0.191. The highest BCUT2D eigenvalue weighted by Gasteiger charge is 2.11. The molecule has 0 spiro atoms. The van der Waals surface area contributed by atoms with Crippen LogP contribution < -0.4 is 10.9 Å². The molecule has 0 aliphatic carbocycles. The largest absolute Gasteiger partial charge is 0.352 e. The third kappa shape index (κ3) is 5.35. The molecule has 3 aromatic heterocycles. The van der Waals surface area contributed by atoms with Crippen LogP contribution in [0.1, 0.15) is 35.5 Å². The third-order valence-corrected chi connectivity index (χ3v) is 6.31. The number of hydrogen-bond donors (Lipinski definition) is 2. The zero-order valence-electron chi connectivity index (χ0n) is 17.9. The SMILES string of the molecule is C=CCn1c(=S)[nH]c2cc(C(=O)NCCCCCc3nc(-c4cccs4)no3)ccc2c1=O. The highest BCUT2D eigenvalue weighted by molar-refractivity contribution is 7.71. The van der Waals surface area contributed by atoms with Gasteiger partial charge in [-0.3, -0.25) is 14.2 Å². The highest BCUT2D eigenvalue weighted by atomic mass is 32.1. The van der Waals surface area contributed by atoms with Crippen LogP contribution in [0, 0.1) is 4.77 Å². The van der Waals surface area contributed by atoms with Gasteiger partial charge in [-0.25, -0.2) is 0 Å². The van der Waals surface area contributed by atoms with E-state index in [9.17, 15) is 9.59 Å². The van der Waals surface area contributed by atoms with Crippen LogP contribution >= 0.6 is 23.6 Å². The lowest BCUT2D eigenvalue weighted by Gasteiger charge is -2.08. The molecule has 0 fully saturated rings. The molecule has 0 saturated carbocycles. The summed E-state index contributed by atoms with van der Waals surface area (Å²) in [6, 6.07) is 8.86. The maximum atomic E-state index is 12.6. The number of amides is 1. The number of aromatic amines is 1. The fourth-order valence-corrected chi connectivity index (χ4v) is 4.35. The Morgan fingerprint density at radius 1 is 1.30 bits per heavy atom. The Balaban J connectivity index is 1.26. The molecule has 0 saturated heterocycles. The smallest absolute Gasteiger partial charge is 0.262 e. The lowest BCUT2D eigenvalue weighted by Crippen LogP contribution is -2.25. The molecular weight excluding hydrogens is 458 g/mol. The Morgan fingerprint density at radius 3 is 2.97 bits per heavy atom. The molecule has 4 aromatic rings. The van der Waals surface area contributed by atoms with E-state index in [0.29, 0.717) is 52.5 Å². The van der Waals surface area contributed by atoms with Gasteiger partial charge in [0.05, 0.1) is 15.8 Å². The molecule has 0 aliphatic heterocycles. The van der Waals surface area contributed by atoms with Gasteiger partial charge < -0.3 is 14.8 Å². The summed E-state index contributed by atoms with van der Waals surface area (Å²) < 4.78 is 7.03. The standard InChI is InChI=1S/C23H23N5O3S2/c1-2-12-28-22(30)16-10-9-15(14-17(16)25-23(28)32)21(29)24-11-5-3-4-8-19-26-20(27-31-19)18-7-6-13-33-18/h2,6-7,9-10,13-14H,1,3-5,8,11-12H2,(H,24,29)(H,25,32). The van der Waals surface area contributed by atoms with Crippen molar-refractivity contribution in [2.45, 2.75) is 32.2 Å². The summed E-state index contributed by atoms with van der Waals surface area (Å²) in [5.41, 5.74) is 0.810. The number of aromatic nitrogens is 4. The van der Waals surface area contributed by atoms with Gasteiger partial charge in [-0.2, -0.15) is 4.98 Å². The molecule has 0 aliphatic rings. The van der Waals surface area contributed by atoms with E-state index in [1.54, 1.807) is 35.6 Å². The molecule has 0 unspecified atom stereocenters. The fourth-order valence-electron chi connectivity index (χ4n) is 3.43. The number of carbonyl (C=O) groups is 1. The molecule has 0 atom stereocenters. The Morgan fingerprint density at radius 2 is 2.18 bits per heavy atom. The lowest BCUT2D eigenvalue weighted by atomic mass is 10.1. The molecule has 2 N–H and O–H groups in total. The van der Waals surface area contributed by atoms with Gasteiger partial charge in [0.15, 0.2) is 4.77 Å². The first kappa shape index (κ1) is 22.8. The molecule has 4 rings (SSSR count). The Kier molecular flexibility index (Phi) is 7.26. The van der Waals surface area contributed by atoms with Crippen molar-refractivity contribution < 1.29 is 9.32 Å². The zero-order chi connectivity index (χ0) is 23.2. The maximum absolute atomic E-state index is 12.6. The number of benzene rings is 1. The van der Waals surface area contributed by atoms with E-state index in [1.165, 1.54) is 4.57 Å². The van der Waals surface area contributed by atoms with Crippen molar-refractivity contribution in [2.24, 2.45) is 0 Å².